The third-order valence-electron chi connectivity index (χ3n) is 11.1. The third-order valence-corrected chi connectivity index (χ3v) is 11.1. The van der Waals surface area contributed by atoms with Gasteiger partial charge < -0.3 is 8.83 Å². The second-order valence-corrected chi connectivity index (χ2v) is 14.5. The third kappa shape index (κ3) is 5.12. The van der Waals surface area contributed by atoms with Crippen LogP contribution in [-0.4, -0.2) is 19.9 Å². The normalized spacial score (nSPS) is 11.8. The number of fused-ring (bicyclic) bond motifs is 10. The summed E-state index contributed by atoms with van der Waals surface area (Å²) in [5.41, 5.74) is 11.2. The molecule has 0 aliphatic carbocycles. The molecular formula is C52H30N4O2. The zero-order valence-corrected chi connectivity index (χ0v) is 30.9. The van der Waals surface area contributed by atoms with Gasteiger partial charge in [-0.2, -0.15) is 0 Å². The van der Waals surface area contributed by atoms with Crippen LogP contribution in [0.4, 0.5) is 0 Å². The summed E-state index contributed by atoms with van der Waals surface area (Å²) in [5, 5.41) is 7.50. The lowest BCUT2D eigenvalue weighted by Gasteiger charge is -2.13. The predicted molar refractivity (Wildman–Crippen MR) is 234 cm³/mol. The maximum absolute atomic E-state index is 6.39. The average Bonchev–Trinajstić information content (AvgIpc) is 3.88. The summed E-state index contributed by atoms with van der Waals surface area (Å²) in [5.74, 6) is 1.79. The molecule has 0 spiro atoms. The number of aromatic nitrogens is 4. The standard InChI is InChI=1S/C52H30N4O2/c1-3-12-32(13-4-1)49-38-27-29-45-48(37-17-8-10-20-43(37)58-45)47(38)40-30-35(26-28-41(40)53-49)31-22-24-34(25-23-31)51-54-50(33-14-5-2-6-15-33)55-52(56-51)39-18-11-21-44-46(39)36-16-7-9-19-42(36)57-44/h1-30H. The lowest BCUT2D eigenvalue weighted by molar-refractivity contribution is 0.668. The molecule has 58 heavy (non-hydrogen) atoms. The van der Waals surface area contributed by atoms with Gasteiger partial charge in [0.05, 0.1) is 11.2 Å². The summed E-state index contributed by atoms with van der Waals surface area (Å²) in [7, 11) is 0. The summed E-state index contributed by atoms with van der Waals surface area (Å²) in [6.07, 6.45) is 0. The topological polar surface area (TPSA) is 77.8 Å². The molecule has 12 aromatic rings. The SMILES string of the molecule is c1ccc(-c2nc(-c3ccc(-c4ccc5nc(-c6ccccc6)c6ccc7oc8ccccc8c7c6c5c4)cc3)nc(-c3cccc4oc5ccccc5c34)n2)cc1. The molecule has 12 rings (SSSR count). The lowest BCUT2D eigenvalue weighted by atomic mass is 9.94. The molecule has 0 saturated carbocycles. The van der Waals surface area contributed by atoms with Crippen LogP contribution in [0.15, 0.2) is 191 Å². The molecule has 4 aromatic heterocycles. The number of rotatable bonds is 5. The van der Waals surface area contributed by atoms with E-state index in [1.165, 1.54) is 0 Å². The quantitative estimate of drug-likeness (QED) is 0.163. The Morgan fingerprint density at radius 1 is 0.293 bits per heavy atom. The molecule has 8 aromatic carbocycles. The van der Waals surface area contributed by atoms with Gasteiger partial charge in [-0.1, -0.05) is 140 Å². The summed E-state index contributed by atoms with van der Waals surface area (Å²) in [6.45, 7) is 0. The molecule has 0 saturated heterocycles. The number of hydrogen-bond acceptors (Lipinski definition) is 6. The van der Waals surface area contributed by atoms with E-state index in [1.807, 2.05) is 78.9 Å². The first-order valence-corrected chi connectivity index (χ1v) is 19.3. The fourth-order valence-corrected chi connectivity index (χ4v) is 8.42. The predicted octanol–water partition coefficient (Wildman–Crippen LogP) is 13.7. The smallest absolute Gasteiger partial charge is 0.164 e. The van der Waals surface area contributed by atoms with Gasteiger partial charge in [0.1, 0.15) is 22.3 Å². The second kappa shape index (κ2) is 12.8. The number of furan rings is 2. The van der Waals surface area contributed by atoms with Crippen molar-refractivity contribution in [2.24, 2.45) is 0 Å². The van der Waals surface area contributed by atoms with E-state index in [1.54, 1.807) is 0 Å². The van der Waals surface area contributed by atoms with Gasteiger partial charge >= 0.3 is 0 Å². The molecule has 0 amide bonds. The van der Waals surface area contributed by atoms with Gasteiger partial charge in [-0.15, -0.1) is 0 Å². The number of para-hydroxylation sites is 2. The van der Waals surface area contributed by atoms with E-state index in [2.05, 4.69) is 103 Å². The van der Waals surface area contributed by atoms with Crippen LogP contribution in [0.25, 0.3) is 122 Å². The Labute approximate surface area is 331 Å². The zero-order valence-electron chi connectivity index (χ0n) is 30.9. The maximum atomic E-state index is 6.39. The van der Waals surface area contributed by atoms with Crippen molar-refractivity contribution >= 4 is 65.6 Å². The molecule has 270 valence electrons. The highest BCUT2D eigenvalue weighted by Crippen LogP contribution is 2.42. The van der Waals surface area contributed by atoms with E-state index in [4.69, 9.17) is 28.8 Å². The maximum Gasteiger partial charge on any atom is 0.164 e. The molecule has 0 unspecified atom stereocenters. The number of pyridine rings is 1. The molecule has 6 nitrogen and oxygen atoms in total. The Morgan fingerprint density at radius 2 is 0.845 bits per heavy atom. The molecule has 0 atom stereocenters. The molecular weight excluding hydrogens is 713 g/mol. The Bertz CT molecular complexity index is 3560. The molecule has 0 bridgehead atoms. The minimum absolute atomic E-state index is 0.590. The zero-order chi connectivity index (χ0) is 38.2. The second-order valence-electron chi connectivity index (χ2n) is 14.5. The van der Waals surface area contributed by atoms with Gasteiger partial charge in [-0.05, 0) is 53.6 Å². The van der Waals surface area contributed by atoms with E-state index >= 15 is 0 Å². The van der Waals surface area contributed by atoms with Crippen molar-refractivity contribution in [1.29, 1.82) is 0 Å². The van der Waals surface area contributed by atoms with E-state index in [0.717, 1.165) is 105 Å². The largest absolute Gasteiger partial charge is 0.456 e. The summed E-state index contributed by atoms with van der Waals surface area (Å²) in [6, 6.07) is 62.1. The Hall–Kier alpha value is -7.96. The summed E-state index contributed by atoms with van der Waals surface area (Å²) in [4.78, 5) is 20.5. The van der Waals surface area contributed by atoms with E-state index in [9.17, 15) is 0 Å². The highest BCUT2D eigenvalue weighted by atomic mass is 16.3. The first kappa shape index (κ1) is 32.3. The molecule has 0 aliphatic rings. The Morgan fingerprint density at radius 3 is 1.57 bits per heavy atom. The fourth-order valence-electron chi connectivity index (χ4n) is 8.42. The first-order valence-electron chi connectivity index (χ1n) is 19.3. The summed E-state index contributed by atoms with van der Waals surface area (Å²) < 4.78 is 12.6. The fraction of sp³-hybridized carbons (Fsp3) is 0. The van der Waals surface area contributed by atoms with Crippen molar-refractivity contribution in [3.05, 3.63) is 182 Å². The lowest BCUT2D eigenvalue weighted by Crippen LogP contribution is -2.00. The molecule has 0 aliphatic heterocycles. The van der Waals surface area contributed by atoms with Crippen molar-refractivity contribution < 1.29 is 8.83 Å². The summed E-state index contributed by atoms with van der Waals surface area (Å²) >= 11 is 0. The van der Waals surface area contributed by atoms with Gasteiger partial charge in [0.2, 0.25) is 0 Å². The molecule has 6 heteroatoms. The van der Waals surface area contributed by atoms with E-state index in [0.29, 0.717) is 17.5 Å². The van der Waals surface area contributed by atoms with Crippen LogP contribution in [0.1, 0.15) is 0 Å². The van der Waals surface area contributed by atoms with Crippen LogP contribution in [0.5, 0.6) is 0 Å². The first-order chi connectivity index (χ1) is 28.7. The van der Waals surface area contributed by atoms with Gasteiger partial charge in [0.15, 0.2) is 17.5 Å². The van der Waals surface area contributed by atoms with Crippen LogP contribution >= 0.6 is 0 Å². The van der Waals surface area contributed by atoms with Crippen molar-refractivity contribution in [2.45, 2.75) is 0 Å². The van der Waals surface area contributed by atoms with Crippen LogP contribution < -0.4 is 0 Å². The molecule has 0 fully saturated rings. The molecule has 4 heterocycles. The van der Waals surface area contributed by atoms with Gasteiger partial charge in [0, 0.05) is 60.0 Å². The monoisotopic (exact) mass is 742 g/mol. The number of nitrogens with zero attached hydrogens (tertiary/aromatic N) is 4. The van der Waals surface area contributed by atoms with Gasteiger partial charge in [0.25, 0.3) is 0 Å². The van der Waals surface area contributed by atoms with Crippen molar-refractivity contribution in [2.75, 3.05) is 0 Å². The number of hydrogen-bond donors (Lipinski definition) is 0. The van der Waals surface area contributed by atoms with E-state index < -0.39 is 0 Å². The minimum Gasteiger partial charge on any atom is -0.456 e. The Balaban J connectivity index is 1.02. The average molecular weight is 743 g/mol. The minimum atomic E-state index is 0.590. The Kier molecular flexibility index (Phi) is 7.13. The molecule has 0 radical (unpaired) electrons. The highest BCUT2D eigenvalue weighted by molar-refractivity contribution is 6.28. The van der Waals surface area contributed by atoms with Crippen LogP contribution in [0, 0.1) is 0 Å². The van der Waals surface area contributed by atoms with Gasteiger partial charge in [-0.25, -0.2) is 19.9 Å². The van der Waals surface area contributed by atoms with Crippen LogP contribution in [-0.2, 0) is 0 Å². The van der Waals surface area contributed by atoms with Crippen LogP contribution in [0.2, 0.25) is 0 Å². The van der Waals surface area contributed by atoms with Gasteiger partial charge in [-0.3, -0.25) is 0 Å². The van der Waals surface area contributed by atoms with Crippen molar-refractivity contribution in [3.8, 4) is 56.5 Å². The van der Waals surface area contributed by atoms with Crippen LogP contribution in [0.3, 0.4) is 0 Å². The van der Waals surface area contributed by atoms with Crippen molar-refractivity contribution in [3.63, 3.8) is 0 Å². The van der Waals surface area contributed by atoms with Crippen molar-refractivity contribution in [1.82, 2.24) is 19.9 Å². The molecule has 0 N–H and O–H groups in total. The number of benzene rings is 8. The van der Waals surface area contributed by atoms with E-state index in [-0.39, 0.29) is 0 Å². The highest BCUT2D eigenvalue weighted by Gasteiger charge is 2.20.